The molecule has 1 N–H and O–H groups in total. The summed E-state index contributed by atoms with van der Waals surface area (Å²) >= 11 is 0. The molecule has 4 heteroatoms. The van der Waals surface area contributed by atoms with Gasteiger partial charge in [0, 0.05) is 12.1 Å². The van der Waals surface area contributed by atoms with E-state index in [1.54, 1.807) is 0 Å². The predicted octanol–water partition coefficient (Wildman–Crippen LogP) is 1.96. The van der Waals surface area contributed by atoms with E-state index in [1.165, 1.54) is 19.2 Å². The summed E-state index contributed by atoms with van der Waals surface area (Å²) < 4.78 is 10.9. The minimum Gasteiger partial charge on any atom is -0.492 e. The fourth-order valence-electron chi connectivity index (χ4n) is 2.02. The molecule has 1 aromatic heterocycles. The first-order chi connectivity index (χ1) is 7.92. The fourth-order valence-corrected chi connectivity index (χ4v) is 2.02. The van der Waals surface area contributed by atoms with Crippen molar-refractivity contribution in [1.29, 1.82) is 0 Å². The van der Waals surface area contributed by atoms with Gasteiger partial charge < -0.3 is 14.5 Å². The topological polar surface area (TPSA) is 47.3 Å². The molecule has 1 unspecified atom stereocenters. The minimum atomic E-state index is 0.491. The van der Waals surface area contributed by atoms with E-state index in [0.29, 0.717) is 6.04 Å². The highest BCUT2D eigenvalue weighted by atomic mass is 16.5. The van der Waals surface area contributed by atoms with E-state index in [-0.39, 0.29) is 0 Å². The number of hydrogen-bond acceptors (Lipinski definition) is 4. The van der Waals surface area contributed by atoms with Crippen LogP contribution in [0.3, 0.4) is 0 Å². The molecule has 16 heavy (non-hydrogen) atoms. The van der Waals surface area contributed by atoms with Gasteiger partial charge in [0.15, 0.2) is 12.0 Å². The second kappa shape index (κ2) is 4.14. The molecule has 84 valence electrons. The van der Waals surface area contributed by atoms with Crippen LogP contribution in [0.4, 0.5) is 0 Å². The summed E-state index contributed by atoms with van der Waals surface area (Å²) in [4.78, 5) is 4.06. The Bertz CT molecular complexity index is 475. The lowest BCUT2D eigenvalue weighted by atomic mass is 10.2. The van der Waals surface area contributed by atoms with Gasteiger partial charge in [0.25, 0.3) is 0 Å². The third kappa shape index (κ3) is 1.88. The van der Waals surface area contributed by atoms with E-state index in [9.17, 15) is 0 Å². The number of aromatic nitrogens is 1. The van der Waals surface area contributed by atoms with Crippen LogP contribution in [0.15, 0.2) is 29.0 Å². The zero-order valence-corrected chi connectivity index (χ0v) is 8.98. The van der Waals surface area contributed by atoms with Crippen LogP contribution in [0.2, 0.25) is 0 Å². The molecule has 1 aliphatic rings. The Morgan fingerprint density at radius 2 is 2.50 bits per heavy atom. The first-order valence-electron chi connectivity index (χ1n) is 5.61. The number of ether oxygens (including phenoxy) is 1. The molecule has 0 spiro atoms. The summed E-state index contributed by atoms with van der Waals surface area (Å²) in [5.41, 5.74) is 1.64. The van der Waals surface area contributed by atoms with E-state index >= 15 is 0 Å². The maximum absolute atomic E-state index is 5.72. The summed E-state index contributed by atoms with van der Waals surface area (Å²) in [6, 6.07) is 6.22. The third-order valence-corrected chi connectivity index (χ3v) is 2.92. The number of fused-ring (bicyclic) bond motifs is 1. The second-order valence-electron chi connectivity index (χ2n) is 4.09. The van der Waals surface area contributed by atoms with E-state index < -0.39 is 0 Å². The van der Waals surface area contributed by atoms with E-state index in [0.717, 1.165) is 30.0 Å². The molecule has 1 saturated heterocycles. The average molecular weight is 218 g/mol. The number of hydrogen-bond donors (Lipinski definition) is 1. The molecular weight excluding hydrogens is 204 g/mol. The number of rotatable bonds is 3. The highest BCUT2D eigenvalue weighted by Crippen LogP contribution is 2.20. The van der Waals surface area contributed by atoms with Gasteiger partial charge in [-0.05, 0) is 31.5 Å². The number of oxazole rings is 1. The summed E-state index contributed by atoms with van der Waals surface area (Å²) in [6.07, 6.45) is 3.90. The summed E-state index contributed by atoms with van der Waals surface area (Å²) in [6.45, 7) is 1.83. The van der Waals surface area contributed by atoms with E-state index in [1.807, 2.05) is 18.2 Å². The molecule has 4 nitrogen and oxygen atoms in total. The lowest BCUT2D eigenvalue weighted by molar-refractivity contribution is 0.277. The molecule has 0 saturated carbocycles. The Morgan fingerprint density at radius 3 is 3.38 bits per heavy atom. The van der Waals surface area contributed by atoms with Gasteiger partial charge in [0.1, 0.15) is 17.9 Å². The van der Waals surface area contributed by atoms with Crippen molar-refractivity contribution >= 4 is 11.1 Å². The molecular formula is C12H14N2O2. The number of benzene rings is 1. The van der Waals surface area contributed by atoms with Crippen LogP contribution in [-0.2, 0) is 0 Å². The minimum absolute atomic E-state index is 0.491. The number of nitrogens with zero attached hydrogens (tertiary/aromatic N) is 1. The Hall–Kier alpha value is -1.55. The van der Waals surface area contributed by atoms with Crippen LogP contribution in [0.1, 0.15) is 12.8 Å². The van der Waals surface area contributed by atoms with Crippen molar-refractivity contribution < 1.29 is 9.15 Å². The van der Waals surface area contributed by atoms with Crippen molar-refractivity contribution in [2.45, 2.75) is 18.9 Å². The smallest absolute Gasteiger partial charge is 0.181 e. The van der Waals surface area contributed by atoms with Gasteiger partial charge in [-0.1, -0.05) is 0 Å². The van der Waals surface area contributed by atoms with Gasteiger partial charge in [0.05, 0.1) is 0 Å². The molecule has 0 bridgehead atoms. The molecule has 2 aromatic rings. The van der Waals surface area contributed by atoms with Gasteiger partial charge in [-0.15, -0.1) is 0 Å². The van der Waals surface area contributed by atoms with Crippen molar-refractivity contribution in [1.82, 2.24) is 10.3 Å². The van der Waals surface area contributed by atoms with Gasteiger partial charge >= 0.3 is 0 Å². The molecule has 2 heterocycles. The van der Waals surface area contributed by atoms with Gasteiger partial charge in [-0.2, -0.15) is 0 Å². The van der Waals surface area contributed by atoms with Gasteiger partial charge in [0.2, 0.25) is 0 Å². The van der Waals surface area contributed by atoms with Crippen molar-refractivity contribution in [3.8, 4) is 5.75 Å². The zero-order valence-electron chi connectivity index (χ0n) is 8.98. The van der Waals surface area contributed by atoms with Crippen LogP contribution in [0.25, 0.3) is 11.1 Å². The molecule has 1 aliphatic heterocycles. The Labute approximate surface area is 93.6 Å². The highest BCUT2D eigenvalue weighted by Gasteiger charge is 2.14. The van der Waals surface area contributed by atoms with Crippen LogP contribution >= 0.6 is 0 Å². The first-order valence-corrected chi connectivity index (χ1v) is 5.61. The van der Waals surface area contributed by atoms with Gasteiger partial charge in [-0.3, -0.25) is 0 Å². The highest BCUT2D eigenvalue weighted by molar-refractivity contribution is 5.73. The monoisotopic (exact) mass is 218 g/mol. The van der Waals surface area contributed by atoms with Gasteiger partial charge in [-0.25, -0.2) is 4.98 Å². The lowest BCUT2D eigenvalue weighted by Gasteiger charge is -2.11. The van der Waals surface area contributed by atoms with Crippen LogP contribution in [-0.4, -0.2) is 24.2 Å². The van der Waals surface area contributed by atoms with E-state index in [2.05, 4.69) is 10.3 Å². The summed E-state index contributed by atoms with van der Waals surface area (Å²) in [5, 5.41) is 3.40. The van der Waals surface area contributed by atoms with Crippen molar-refractivity contribution in [3.05, 3.63) is 24.6 Å². The van der Waals surface area contributed by atoms with Crippen LogP contribution < -0.4 is 10.1 Å². The quantitative estimate of drug-likeness (QED) is 0.855. The standard InChI is InChI=1S/C12H14N2O2/c1-2-9(13-5-1)7-15-10-3-4-11-12(6-10)16-8-14-11/h3-4,6,8-9,13H,1-2,5,7H2. The normalized spacial score (nSPS) is 20.4. The molecule has 0 aliphatic carbocycles. The molecule has 1 aromatic carbocycles. The maximum atomic E-state index is 5.72. The predicted molar refractivity (Wildman–Crippen MR) is 60.5 cm³/mol. The fraction of sp³-hybridized carbons (Fsp3) is 0.417. The Kier molecular flexibility index (Phi) is 2.50. The first kappa shape index (κ1) is 9.66. The Morgan fingerprint density at radius 1 is 1.50 bits per heavy atom. The number of nitrogens with one attached hydrogen (secondary N) is 1. The molecule has 0 amide bonds. The largest absolute Gasteiger partial charge is 0.492 e. The second-order valence-corrected chi connectivity index (χ2v) is 4.09. The zero-order chi connectivity index (χ0) is 10.8. The molecule has 1 fully saturated rings. The molecule has 1 atom stereocenters. The average Bonchev–Trinajstić information content (AvgIpc) is 2.97. The van der Waals surface area contributed by atoms with E-state index in [4.69, 9.17) is 9.15 Å². The Balaban J connectivity index is 1.68. The van der Waals surface area contributed by atoms with Crippen LogP contribution in [0.5, 0.6) is 5.75 Å². The maximum Gasteiger partial charge on any atom is 0.181 e. The van der Waals surface area contributed by atoms with Crippen LogP contribution in [0, 0.1) is 0 Å². The van der Waals surface area contributed by atoms with Crippen molar-refractivity contribution in [2.75, 3.05) is 13.2 Å². The molecule has 0 radical (unpaired) electrons. The summed E-state index contributed by atoms with van der Waals surface area (Å²) in [5.74, 6) is 0.845. The van der Waals surface area contributed by atoms with Crippen molar-refractivity contribution in [3.63, 3.8) is 0 Å². The summed E-state index contributed by atoms with van der Waals surface area (Å²) in [7, 11) is 0. The molecule has 3 rings (SSSR count). The SMILES string of the molecule is c1nc2ccc(OCC3CCCN3)cc2o1. The third-order valence-electron chi connectivity index (χ3n) is 2.92. The van der Waals surface area contributed by atoms with Crippen molar-refractivity contribution in [2.24, 2.45) is 0 Å². The lowest BCUT2D eigenvalue weighted by Crippen LogP contribution is -2.28.